The van der Waals surface area contributed by atoms with Gasteiger partial charge in [-0.1, -0.05) is 19.4 Å². The zero-order chi connectivity index (χ0) is 18.8. The molecule has 0 atom stereocenters. The number of hydrogen-bond donors (Lipinski definition) is 2. The molecule has 1 fully saturated rings. The van der Waals surface area contributed by atoms with Gasteiger partial charge >= 0.3 is 0 Å². The van der Waals surface area contributed by atoms with Gasteiger partial charge in [0.1, 0.15) is 11.6 Å². The van der Waals surface area contributed by atoms with Gasteiger partial charge in [0.2, 0.25) is 0 Å². The Kier molecular flexibility index (Phi) is 11.8. The van der Waals surface area contributed by atoms with Crippen LogP contribution in [0.4, 0.5) is 8.78 Å². The Labute approximate surface area is 179 Å². The van der Waals surface area contributed by atoms with Gasteiger partial charge in [-0.3, -0.25) is 4.99 Å². The van der Waals surface area contributed by atoms with Crippen molar-refractivity contribution in [2.45, 2.75) is 52.0 Å². The van der Waals surface area contributed by atoms with E-state index in [0.29, 0.717) is 24.6 Å². The first-order valence-corrected chi connectivity index (χ1v) is 9.83. The molecule has 2 N–H and O–H groups in total. The van der Waals surface area contributed by atoms with Crippen LogP contribution in [0, 0.1) is 11.6 Å². The van der Waals surface area contributed by atoms with Gasteiger partial charge in [-0.05, 0) is 50.8 Å². The monoisotopic (exact) mass is 494 g/mol. The second kappa shape index (κ2) is 13.3. The lowest BCUT2D eigenvalue weighted by Crippen LogP contribution is -2.48. The number of hydrogen-bond acceptors (Lipinski definition) is 2. The first kappa shape index (κ1) is 24.1. The first-order chi connectivity index (χ1) is 12.6. The molecule has 0 spiro atoms. The molecule has 4 nitrogen and oxygen atoms in total. The van der Waals surface area contributed by atoms with Gasteiger partial charge in [-0.15, -0.1) is 24.0 Å². The van der Waals surface area contributed by atoms with Gasteiger partial charge in [0, 0.05) is 38.3 Å². The molecule has 0 saturated carbocycles. The molecule has 1 heterocycles. The van der Waals surface area contributed by atoms with E-state index < -0.39 is 11.6 Å². The molecular formula is C20H33F2IN4. The average Bonchev–Trinajstić information content (AvgIpc) is 2.63. The molecule has 1 aromatic carbocycles. The van der Waals surface area contributed by atoms with Gasteiger partial charge < -0.3 is 15.5 Å². The predicted molar refractivity (Wildman–Crippen MR) is 119 cm³/mol. The van der Waals surface area contributed by atoms with Crippen LogP contribution >= 0.6 is 24.0 Å². The van der Waals surface area contributed by atoms with Crippen molar-refractivity contribution in [3.63, 3.8) is 0 Å². The van der Waals surface area contributed by atoms with E-state index in [1.54, 1.807) is 0 Å². The molecule has 154 valence electrons. The highest BCUT2D eigenvalue weighted by molar-refractivity contribution is 14.0. The van der Waals surface area contributed by atoms with E-state index in [1.807, 2.05) is 6.92 Å². The number of nitrogens with one attached hydrogen (secondary N) is 2. The van der Waals surface area contributed by atoms with Crippen molar-refractivity contribution >= 4 is 29.9 Å². The molecule has 0 radical (unpaired) electrons. The van der Waals surface area contributed by atoms with Crippen LogP contribution in [-0.4, -0.2) is 49.6 Å². The molecule has 7 heteroatoms. The van der Waals surface area contributed by atoms with Crippen molar-refractivity contribution in [2.24, 2.45) is 4.99 Å². The van der Waals surface area contributed by atoms with Crippen LogP contribution in [0.15, 0.2) is 23.2 Å². The van der Waals surface area contributed by atoms with Crippen molar-refractivity contribution < 1.29 is 8.78 Å². The normalized spacial score (nSPS) is 16.1. The molecule has 27 heavy (non-hydrogen) atoms. The Bertz CT molecular complexity index is 575. The third-order valence-corrected chi connectivity index (χ3v) is 4.77. The average molecular weight is 494 g/mol. The number of nitrogens with zero attached hydrogens (tertiary/aromatic N) is 2. The minimum Gasteiger partial charge on any atom is -0.357 e. The third-order valence-electron chi connectivity index (χ3n) is 4.77. The summed E-state index contributed by atoms with van der Waals surface area (Å²) in [5.41, 5.74) is 0.496. The molecule has 0 unspecified atom stereocenters. The summed E-state index contributed by atoms with van der Waals surface area (Å²) in [6, 6.07) is 4.13. The zero-order valence-electron chi connectivity index (χ0n) is 16.4. The number of halogens is 3. The number of aliphatic imine (C=N–C) groups is 1. The smallest absolute Gasteiger partial charge is 0.191 e. The second-order valence-corrected chi connectivity index (χ2v) is 6.86. The van der Waals surface area contributed by atoms with Crippen molar-refractivity contribution in [1.29, 1.82) is 0 Å². The Balaban J connectivity index is 0.00000364. The lowest BCUT2D eigenvalue weighted by Gasteiger charge is -2.33. The number of unbranched alkanes of at least 4 members (excludes halogenated alkanes) is 1. The predicted octanol–water partition coefficient (Wildman–Crippen LogP) is 3.94. The van der Waals surface area contributed by atoms with Crippen molar-refractivity contribution in [2.75, 3.05) is 32.7 Å². The maximum atomic E-state index is 13.7. The topological polar surface area (TPSA) is 39.7 Å². The lowest BCUT2D eigenvalue weighted by atomic mass is 10.0. The number of benzene rings is 1. The summed E-state index contributed by atoms with van der Waals surface area (Å²) >= 11 is 0. The Morgan fingerprint density at radius 2 is 1.96 bits per heavy atom. The number of likely N-dealkylation sites (tertiary alicyclic amines) is 1. The zero-order valence-corrected chi connectivity index (χ0v) is 18.8. The molecule has 0 aromatic heterocycles. The molecule has 1 aliphatic rings. The number of guanidine groups is 1. The fourth-order valence-corrected chi connectivity index (χ4v) is 3.21. The summed E-state index contributed by atoms with van der Waals surface area (Å²) in [4.78, 5) is 7.09. The second-order valence-electron chi connectivity index (χ2n) is 6.86. The summed E-state index contributed by atoms with van der Waals surface area (Å²) in [5, 5.41) is 6.76. The molecule has 1 aliphatic heterocycles. The van der Waals surface area contributed by atoms with Crippen molar-refractivity contribution in [1.82, 2.24) is 15.5 Å². The highest BCUT2D eigenvalue weighted by Gasteiger charge is 2.19. The van der Waals surface area contributed by atoms with E-state index in [9.17, 15) is 8.78 Å². The van der Waals surface area contributed by atoms with E-state index in [4.69, 9.17) is 0 Å². The van der Waals surface area contributed by atoms with Crippen LogP contribution in [-0.2, 0) is 6.42 Å². The van der Waals surface area contributed by atoms with Crippen molar-refractivity contribution in [3.8, 4) is 0 Å². The maximum absolute atomic E-state index is 13.7. The maximum Gasteiger partial charge on any atom is 0.191 e. The van der Waals surface area contributed by atoms with Gasteiger partial charge in [0.25, 0.3) is 0 Å². The lowest BCUT2D eigenvalue weighted by molar-refractivity contribution is 0.203. The van der Waals surface area contributed by atoms with Crippen LogP contribution in [0.3, 0.4) is 0 Å². The van der Waals surface area contributed by atoms with Crippen LogP contribution in [0.25, 0.3) is 0 Å². The van der Waals surface area contributed by atoms with E-state index in [0.717, 1.165) is 44.5 Å². The number of rotatable bonds is 8. The summed E-state index contributed by atoms with van der Waals surface area (Å²) < 4.78 is 26.7. The quantitative estimate of drug-likeness (QED) is 0.327. The molecule has 1 aromatic rings. The van der Waals surface area contributed by atoms with E-state index in [-0.39, 0.29) is 24.0 Å². The van der Waals surface area contributed by atoms with E-state index >= 15 is 0 Å². The summed E-state index contributed by atoms with van der Waals surface area (Å²) in [7, 11) is 0. The van der Waals surface area contributed by atoms with Crippen LogP contribution in [0.1, 0.15) is 45.1 Å². The minimum absolute atomic E-state index is 0. The summed E-state index contributed by atoms with van der Waals surface area (Å²) in [5.74, 6) is -0.269. The van der Waals surface area contributed by atoms with Crippen LogP contribution < -0.4 is 10.6 Å². The first-order valence-electron chi connectivity index (χ1n) is 9.83. The SMILES string of the molecule is CCCCN1CCC(NC(=NCCc2ccc(F)cc2F)NCC)CC1.I. The molecule has 0 amide bonds. The molecule has 0 bridgehead atoms. The van der Waals surface area contributed by atoms with Gasteiger partial charge in [0.05, 0.1) is 0 Å². The molecule has 0 aliphatic carbocycles. The fraction of sp³-hybridized carbons (Fsp3) is 0.650. The largest absolute Gasteiger partial charge is 0.357 e. The highest BCUT2D eigenvalue weighted by atomic mass is 127. The molecule has 1 saturated heterocycles. The summed E-state index contributed by atoms with van der Waals surface area (Å²) in [6.45, 7) is 8.95. The Morgan fingerprint density at radius 3 is 2.59 bits per heavy atom. The van der Waals surface area contributed by atoms with Crippen molar-refractivity contribution in [3.05, 3.63) is 35.4 Å². The van der Waals surface area contributed by atoms with Crippen LogP contribution in [0.5, 0.6) is 0 Å². The van der Waals surface area contributed by atoms with E-state index in [1.165, 1.54) is 31.5 Å². The third kappa shape index (κ3) is 8.72. The minimum atomic E-state index is -0.546. The summed E-state index contributed by atoms with van der Waals surface area (Å²) in [6.07, 6.45) is 5.19. The van der Waals surface area contributed by atoms with Gasteiger partial charge in [-0.25, -0.2) is 8.78 Å². The Morgan fingerprint density at radius 1 is 1.22 bits per heavy atom. The van der Waals surface area contributed by atoms with E-state index in [2.05, 4.69) is 27.4 Å². The highest BCUT2D eigenvalue weighted by Crippen LogP contribution is 2.12. The van der Waals surface area contributed by atoms with Crippen LogP contribution in [0.2, 0.25) is 0 Å². The fourth-order valence-electron chi connectivity index (χ4n) is 3.21. The Hall–Kier alpha value is -0.960. The molecular weight excluding hydrogens is 461 g/mol. The van der Waals surface area contributed by atoms with Gasteiger partial charge in [-0.2, -0.15) is 0 Å². The molecule has 2 rings (SSSR count). The number of piperidine rings is 1. The standard InChI is InChI=1S/C20H32F2N4.HI/c1-3-5-12-26-13-9-18(10-14-26)25-20(23-4-2)24-11-8-16-6-7-17(21)15-19(16)22;/h6-7,15,18H,3-5,8-14H2,1-2H3,(H2,23,24,25);1H. The van der Waals surface area contributed by atoms with Gasteiger partial charge in [0.15, 0.2) is 5.96 Å².